The molecule has 0 spiro atoms. The van der Waals surface area contributed by atoms with E-state index in [9.17, 15) is 4.79 Å². The maximum absolute atomic E-state index is 11.5. The third-order valence-corrected chi connectivity index (χ3v) is 5.16. The summed E-state index contributed by atoms with van der Waals surface area (Å²) in [7, 11) is 1.62. The zero-order valence-electron chi connectivity index (χ0n) is 19.9. The number of rotatable bonds is 11. The minimum Gasteiger partial charge on any atom is -0.497 e. The maximum atomic E-state index is 11.5. The van der Waals surface area contributed by atoms with E-state index in [2.05, 4.69) is 15.0 Å². The Hall–Kier alpha value is -3.98. The Bertz CT molecular complexity index is 1260. The number of benzene rings is 1. The van der Waals surface area contributed by atoms with E-state index in [0.29, 0.717) is 48.3 Å². The van der Waals surface area contributed by atoms with Crippen LogP contribution in [0, 0.1) is 5.92 Å². The van der Waals surface area contributed by atoms with Gasteiger partial charge in [-0.15, -0.1) is 0 Å². The van der Waals surface area contributed by atoms with Gasteiger partial charge < -0.3 is 23.4 Å². The Morgan fingerprint density at radius 1 is 1.06 bits per heavy atom. The van der Waals surface area contributed by atoms with Gasteiger partial charge in [0.25, 0.3) is 0 Å². The molecular formula is C26H27N3O6. The van der Waals surface area contributed by atoms with Gasteiger partial charge in [0, 0.05) is 17.7 Å². The number of furan rings is 1. The summed E-state index contributed by atoms with van der Waals surface area (Å²) in [6, 6.07) is 13.3. The van der Waals surface area contributed by atoms with Crippen molar-refractivity contribution in [1.82, 2.24) is 15.0 Å². The first-order valence-electron chi connectivity index (χ1n) is 11.3. The van der Waals surface area contributed by atoms with E-state index in [4.69, 9.17) is 23.4 Å². The summed E-state index contributed by atoms with van der Waals surface area (Å²) in [5.74, 6) is 1.32. The lowest BCUT2D eigenvalue weighted by atomic mass is 10.0. The Balaban J connectivity index is 1.63. The number of aromatic nitrogens is 3. The topological polar surface area (TPSA) is 106 Å². The van der Waals surface area contributed by atoms with Gasteiger partial charge in [-0.25, -0.2) is 14.8 Å². The van der Waals surface area contributed by atoms with Crippen molar-refractivity contribution < 1.29 is 28.2 Å². The lowest BCUT2D eigenvalue weighted by Crippen LogP contribution is -2.19. The molecule has 0 aliphatic rings. The van der Waals surface area contributed by atoms with Crippen molar-refractivity contribution >= 4 is 17.1 Å². The normalized spacial score (nSPS) is 11.9. The molecule has 4 rings (SSSR count). The van der Waals surface area contributed by atoms with Gasteiger partial charge in [-0.05, 0) is 36.8 Å². The summed E-state index contributed by atoms with van der Waals surface area (Å²) >= 11 is 0. The van der Waals surface area contributed by atoms with Crippen molar-refractivity contribution in [3.05, 3.63) is 55.0 Å². The fraction of sp³-hybridized carbons (Fsp3) is 0.308. The molecule has 9 heteroatoms. The molecule has 0 saturated heterocycles. The van der Waals surface area contributed by atoms with E-state index < -0.39 is 0 Å². The zero-order chi connectivity index (χ0) is 24.6. The van der Waals surface area contributed by atoms with Crippen LogP contribution in [-0.4, -0.2) is 54.5 Å². The Kier molecular flexibility index (Phi) is 7.89. The molecule has 0 unspecified atom stereocenters. The van der Waals surface area contributed by atoms with Gasteiger partial charge in [0.15, 0.2) is 5.76 Å². The van der Waals surface area contributed by atoms with Crippen molar-refractivity contribution in [1.29, 1.82) is 0 Å². The average molecular weight is 478 g/mol. The summed E-state index contributed by atoms with van der Waals surface area (Å²) in [5, 5.41) is 0.651. The van der Waals surface area contributed by atoms with Crippen LogP contribution in [0.3, 0.4) is 0 Å². The predicted molar refractivity (Wildman–Crippen MR) is 129 cm³/mol. The predicted octanol–water partition coefficient (Wildman–Crippen LogP) is 4.56. The van der Waals surface area contributed by atoms with Gasteiger partial charge in [0.1, 0.15) is 29.8 Å². The Morgan fingerprint density at radius 3 is 2.60 bits per heavy atom. The van der Waals surface area contributed by atoms with Crippen LogP contribution in [0.25, 0.3) is 33.7 Å². The van der Waals surface area contributed by atoms with Gasteiger partial charge in [0.05, 0.1) is 26.9 Å². The summed E-state index contributed by atoms with van der Waals surface area (Å²) in [6.07, 6.45) is 3.12. The molecule has 182 valence electrons. The number of methoxy groups -OCH3 is 1. The van der Waals surface area contributed by atoms with Gasteiger partial charge in [-0.1, -0.05) is 25.1 Å². The third kappa shape index (κ3) is 5.75. The average Bonchev–Trinajstić information content (AvgIpc) is 3.28. The maximum Gasteiger partial charge on any atom is 0.332 e. The number of ether oxygens (including phenoxy) is 4. The highest BCUT2D eigenvalue weighted by Gasteiger charge is 2.24. The molecule has 0 saturated carbocycles. The molecule has 3 heterocycles. The molecule has 0 amide bonds. The molecule has 4 aromatic rings. The standard InChI is InChI=1S/C26H27N3O6/c1-4-33-21(30)15-32-13-17(2)14-34-25-23-22(18-8-10-19(31-3)11-9-18)24(20-7-5-6-12-27-20)35-26(23)29-16-28-25/h5-12,16-17H,4,13-15H2,1-3H3/t17-/m1/s1. The van der Waals surface area contributed by atoms with E-state index in [1.807, 2.05) is 49.4 Å². The van der Waals surface area contributed by atoms with Gasteiger partial charge >= 0.3 is 5.97 Å². The van der Waals surface area contributed by atoms with Crippen LogP contribution in [0.4, 0.5) is 0 Å². The highest BCUT2D eigenvalue weighted by molar-refractivity contribution is 6.02. The van der Waals surface area contributed by atoms with Crippen molar-refractivity contribution in [2.24, 2.45) is 5.92 Å². The second kappa shape index (κ2) is 11.4. The SMILES string of the molecule is CCOC(=O)COC[C@@H](C)COc1ncnc2oc(-c3ccccn3)c(-c3ccc(OC)cc3)c12. The van der Waals surface area contributed by atoms with Gasteiger partial charge in [0.2, 0.25) is 11.6 Å². The molecule has 1 aromatic carbocycles. The van der Waals surface area contributed by atoms with Crippen LogP contribution in [0.2, 0.25) is 0 Å². The first-order valence-corrected chi connectivity index (χ1v) is 11.3. The van der Waals surface area contributed by atoms with Crippen molar-refractivity contribution in [2.75, 3.05) is 33.5 Å². The van der Waals surface area contributed by atoms with Gasteiger partial charge in [-0.2, -0.15) is 0 Å². The molecule has 0 aliphatic heterocycles. The van der Waals surface area contributed by atoms with Crippen LogP contribution < -0.4 is 9.47 Å². The Morgan fingerprint density at radius 2 is 1.89 bits per heavy atom. The van der Waals surface area contributed by atoms with Crippen LogP contribution in [0.5, 0.6) is 11.6 Å². The van der Waals surface area contributed by atoms with E-state index >= 15 is 0 Å². The van der Waals surface area contributed by atoms with E-state index in [0.717, 1.165) is 16.9 Å². The molecular weight excluding hydrogens is 450 g/mol. The third-order valence-electron chi connectivity index (χ3n) is 5.16. The molecule has 0 N–H and O–H groups in total. The lowest BCUT2D eigenvalue weighted by molar-refractivity contribution is -0.148. The highest BCUT2D eigenvalue weighted by atomic mass is 16.6. The molecule has 35 heavy (non-hydrogen) atoms. The van der Waals surface area contributed by atoms with Crippen molar-refractivity contribution in [3.63, 3.8) is 0 Å². The first kappa shape index (κ1) is 24.2. The number of pyridine rings is 1. The highest BCUT2D eigenvalue weighted by Crippen LogP contribution is 2.43. The molecule has 0 bridgehead atoms. The molecule has 1 atom stereocenters. The van der Waals surface area contributed by atoms with E-state index in [-0.39, 0.29) is 18.5 Å². The number of esters is 1. The second-order valence-electron chi connectivity index (χ2n) is 7.84. The summed E-state index contributed by atoms with van der Waals surface area (Å²) in [6.45, 7) is 4.61. The molecule has 0 fully saturated rings. The van der Waals surface area contributed by atoms with Gasteiger partial charge in [-0.3, -0.25) is 4.98 Å². The number of hydrogen-bond acceptors (Lipinski definition) is 9. The van der Waals surface area contributed by atoms with Crippen LogP contribution in [-0.2, 0) is 14.3 Å². The number of fused-ring (bicyclic) bond motifs is 1. The van der Waals surface area contributed by atoms with Crippen molar-refractivity contribution in [2.45, 2.75) is 13.8 Å². The number of nitrogens with zero attached hydrogens (tertiary/aromatic N) is 3. The lowest BCUT2D eigenvalue weighted by Gasteiger charge is -2.13. The fourth-order valence-corrected chi connectivity index (χ4v) is 3.54. The summed E-state index contributed by atoms with van der Waals surface area (Å²) in [4.78, 5) is 24.7. The zero-order valence-corrected chi connectivity index (χ0v) is 19.9. The molecule has 0 aliphatic carbocycles. The summed E-state index contributed by atoms with van der Waals surface area (Å²) in [5.41, 5.74) is 2.73. The number of carbonyl (C=O) groups is 1. The fourth-order valence-electron chi connectivity index (χ4n) is 3.54. The quantitative estimate of drug-likeness (QED) is 0.288. The van der Waals surface area contributed by atoms with Crippen LogP contribution in [0.1, 0.15) is 13.8 Å². The number of carbonyl (C=O) groups excluding carboxylic acids is 1. The first-order chi connectivity index (χ1) is 17.1. The smallest absolute Gasteiger partial charge is 0.332 e. The minimum atomic E-state index is -0.386. The second-order valence-corrected chi connectivity index (χ2v) is 7.84. The van der Waals surface area contributed by atoms with Crippen LogP contribution >= 0.6 is 0 Å². The van der Waals surface area contributed by atoms with E-state index in [1.54, 1.807) is 20.2 Å². The van der Waals surface area contributed by atoms with Crippen LogP contribution in [0.15, 0.2) is 59.4 Å². The molecule has 0 radical (unpaired) electrons. The molecule has 9 nitrogen and oxygen atoms in total. The summed E-state index contributed by atoms with van der Waals surface area (Å²) < 4.78 is 27.9. The van der Waals surface area contributed by atoms with Crippen molar-refractivity contribution in [3.8, 4) is 34.2 Å². The number of hydrogen-bond donors (Lipinski definition) is 0. The van der Waals surface area contributed by atoms with E-state index in [1.165, 1.54) is 6.33 Å². The largest absolute Gasteiger partial charge is 0.497 e. The molecule has 3 aromatic heterocycles. The Labute approximate surface area is 203 Å². The monoisotopic (exact) mass is 477 g/mol. The minimum absolute atomic E-state index is 0.000963.